The van der Waals surface area contributed by atoms with E-state index in [4.69, 9.17) is 0 Å². The number of amides is 2. The number of hydrogen-bond acceptors (Lipinski definition) is 4. The molecule has 2 aromatic carbocycles. The van der Waals surface area contributed by atoms with Crippen LogP contribution in [0.25, 0.3) is 11.4 Å². The van der Waals surface area contributed by atoms with Gasteiger partial charge in [-0.2, -0.15) is 0 Å². The van der Waals surface area contributed by atoms with Gasteiger partial charge in [-0.15, -0.1) is 0 Å². The number of nitrogens with zero attached hydrogens (tertiary/aromatic N) is 4. The van der Waals surface area contributed by atoms with Crippen molar-refractivity contribution in [2.75, 3.05) is 13.6 Å². The van der Waals surface area contributed by atoms with E-state index in [2.05, 4.69) is 10.3 Å². The average molecular weight is 540 g/mol. The predicted octanol–water partition coefficient (Wildman–Crippen LogP) is 4.49. The lowest BCUT2D eigenvalue weighted by molar-refractivity contribution is -0.136. The summed E-state index contributed by atoms with van der Waals surface area (Å²) in [6, 6.07) is 8.24. The molecular weight excluding hydrogens is 507 g/mol. The van der Waals surface area contributed by atoms with E-state index >= 15 is 0 Å². The van der Waals surface area contributed by atoms with Gasteiger partial charge in [0.25, 0.3) is 5.91 Å². The maximum atomic E-state index is 14.8. The number of imidazole rings is 1. The molecule has 3 heterocycles. The van der Waals surface area contributed by atoms with Gasteiger partial charge in [0, 0.05) is 32.2 Å². The molecule has 0 bridgehead atoms. The number of fused-ring (bicyclic) bond motifs is 2. The molecule has 0 aliphatic carbocycles. The molecule has 39 heavy (non-hydrogen) atoms. The zero-order chi connectivity index (χ0) is 28.1. The Morgan fingerprint density at radius 3 is 2.23 bits per heavy atom. The summed E-state index contributed by atoms with van der Waals surface area (Å²) in [6.07, 6.45) is 0.692. The molecule has 0 unspecified atom stereocenters. The van der Waals surface area contributed by atoms with Crippen LogP contribution in [0, 0.1) is 22.9 Å². The van der Waals surface area contributed by atoms with Gasteiger partial charge in [-0.05, 0) is 42.6 Å². The molecule has 0 saturated carbocycles. The Morgan fingerprint density at radius 1 is 0.949 bits per heavy atom. The molecule has 1 aromatic heterocycles. The van der Waals surface area contributed by atoms with E-state index in [9.17, 15) is 22.8 Å². The number of carbonyl (C=O) groups is 2. The quantitative estimate of drug-likeness (QED) is 0.496. The predicted molar refractivity (Wildman–Crippen MR) is 140 cm³/mol. The molecule has 5 rings (SSSR count). The van der Waals surface area contributed by atoms with Crippen LogP contribution in [0.4, 0.5) is 13.2 Å². The Hall–Kier alpha value is -3.66. The van der Waals surface area contributed by atoms with Gasteiger partial charge in [0.15, 0.2) is 17.3 Å². The Kier molecular flexibility index (Phi) is 7.00. The van der Waals surface area contributed by atoms with Crippen molar-refractivity contribution in [2.24, 2.45) is 5.41 Å². The zero-order valence-corrected chi connectivity index (χ0v) is 22.5. The second-order valence-electron chi connectivity index (χ2n) is 11.5. The number of nitrogens with one attached hydrogen (secondary N) is 1. The standard InChI is InChI=1S/C29H32F3N5O2/c1-29(2,3)25(28(39)36-14-17-8-5-6-9-18(17)15-36)34-27(38)24-23-16-35(4)10-7-11-37(23)26(33-24)19-12-21(31)22(32)13-20(19)30/h5-6,8-9,12-13,25H,7,10-11,14-16H2,1-4H3,(H,34,38)/t25-/m1/s1. The van der Waals surface area contributed by atoms with Crippen molar-refractivity contribution in [3.63, 3.8) is 0 Å². The van der Waals surface area contributed by atoms with Gasteiger partial charge in [-0.3, -0.25) is 9.59 Å². The Bertz CT molecular complexity index is 1420. The molecule has 206 valence electrons. The van der Waals surface area contributed by atoms with E-state index in [1.807, 2.05) is 57.0 Å². The maximum Gasteiger partial charge on any atom is 0.272 e. The summed E-state index contributed by atoms with van der Waals surface area (Å²) in [7, 11) is 1.90. The molecule has 1 N–H and O–H groups in total. The van der Waals surface area contributed by atoms with Crippen molar-refractivity contribution in [1.29, 1.82) is 0 Å². The highest BCUT2D eigenvalue weighted by atomic mass is 19.2. The maximum absolute atomic E-state index is 14.8. The van der Waals surface area contributed by atoms with Crippen LogP contribution in [0.5, 0.6) is 0 Å². The minimum atomic E-state index is -1.30. The lowest BCUT2D eigenvalue weighted by atomic mass is 9.85. The molecule has 0 saturated heterocycles. The van der Waals surface area contributed by atoms with Gasteiger partial charge in [0.05, 0.1) is 11.3 Å². The highest BCUT2D eigenvalue weighted by molar-refractivity contribution is 5.98. The SMILES string of the molecule is CN1CCCn2c(-c3cc(F)c(F)cc3F)nc(C(=O)N[C@H](C(=O)N3Cc4ccccc4C3)C(C)(C)C)c2C1. The number of hydrogen-bond donors (Lipinski definition) is 1. The van der Waals surface area contributed by atoms with E-state index in [1.165, 1.54) is 0 Å². The van der Waals surface area contributed by atoms with Crippen LogP contribution in [-0.4, -0.2) is 50.8 Å². The van der Waals surface area contributed by atoms with Crippen molar-refractivity contribution in [3.05, 3.63) is 76.4 Å². The number of halogens is 3. The lowest BCUT2D eigenvalue weighted by Crippen LogP contribution is -2.53. The number of rotatable bonds is 4. The Morgan fingerprint density at radius 2 is 1.59 bits per heavy atom. The molecule has 1 atom stereocenters. The third-order valence-corrected chi connectivity index (χ3v) is 7.42. The van der Waals surface area contributed by atoms with Crippen LogP contribution in [0.3, 0.4) is 0 Å². The zero-order valence-electron chi connectivity index (χ0n) is 22.5. The van der Waals surface area contributed by atoms with Crippen LogP contribution >= 0.6 is 0 Å². The molecular formula is C29H32F3N5O2. The minimum absolute atomic E-state index is 0.0367. The summed E-state index contributed by atoms with van der Waals surface area (Å²) in [4.78, 5) is 35.7. The van der Waals surface area contributed by atoms with Gasteiger partial charge in [-0.25, -0.2) is 18.2 Å². The summed E-state index contributed by atoms with van der Waals surface area (Å²) in [5.41, 5.74) is 1.87. The van der Waals surface area contributed by atoms with Gasteiger partial charge in [-0.1, -0.05) is 45.0 Å². The smallest absolute Gasteiger partial charge is 0.272 e. The van der Waals surface area contributed by atoms with Gasteiger partial charge in [0.1, 0.15) is 17.7 Å². The fourth-order valence-corrected chi connectivity index (χ4v) is 5.32. The first kappa shape index (κ1) is 26.9. The first-order valence-corrected chi connectivity index (χ1v) is 13.0. The van der Waals surface area contributed by atoms with Crippen molar-refractivity contribution in [1.82, 2.24) is 24.7 Å². The van der Waals surface area contributed by atoms with E-state index in [0.29, 0.717) is 44.4 Å². The first-order valence-electron chi connectivity index (χ1n) is 13.0. The summed E-state index contributed by atoms with van der Waals surface area (Å²) in [6.45, 7) is 8.04. The average Bonchev–Trinajstić information content (AvgIpc) is 3.40. The molecule has 3 aromatic rings. The molecule has 2 aliphatic heterocycles. The van der Waals surface area contributed by atoms with Gasteiger partial charge < -0.3 is 19.7 Å². The van der Waals surface area contributed by atoms with E-state index in [0.717, 1.165) is 23.7 Å². The van der Waals surface area contributed by atoms with Crippen molar-refractivity contribution in [2.45, 2.75) is 59.4 Å². The monoisotopic (exact) mass is 539 g/mol. The Labute approximate surface area is 225 Å². The number of aromatic nitrogens is 2. The van der Waals surface area contributed by atoms with Crippen LogP contribution in [0.2, 0.25) is 0 Å². The van der Waals surface area contributed by atoms with E-state index < -0.39 is 34.8 Å². The normalized spacial score (nSPS) is 16.4. The van der Waals surface area contributed by atoms with Crippen molar-refractivity contribution < 1.29 is 22.8 Å². The van der Waals surface area contributed by atoms with Crippen LogP contribution in [-0.2, 0) is 31.0 Å². The van der Waals surface area contributed by atoms with Gasteiger partial charge in [0.2, 0.25) is 5.91 Å². The largest absolute Gasteiger partial charge is 0.338 e. The fraction of sp³-hybridized carbons (Fsp3) is 0.414. The molecule has 0 fully saturated rings. The number of benzene rings is 2. The second-order valence-corrected chi connectivity index (χ2v) is 11.5. The number of carbonyl (C=O) groups excluding carboxylic acids is 2. The lowest BCUT2D eigenvalue weighted by Gasteiger charge is -2.33. The molecule has 0 spiro atoms. The van der Waals surface area contributed by atoms with Gasteiger partial charge >= 0.3 is 0 Å². The first-order chi connectivity index (χ1) is 18.4. The molecule has 7 nitrogen and oxygen atoms in total. The third kappa shape index (κ3) is 5.17. The van der Waals surface area contributed by atoms with Crippen LogP contribution in [0.15, 0.2) is 36.4 Å². The highest BCUT2D eigenvalue weighted by Gasteiger charge is 2.39. The van der Waals surface area contributed by atoms with Crippen LogP contribution in [0.1, 0.15) is 54.5 Å². The molecule has 2 aliphatic rings. The van der Waals surface area contributed by atoms with Crippen molar-refractivity contribution in [3.8, 4) is 11.4 Å². The summed E-state index contributed by atoms with van der Waals surface area (Å²) in [5, 5.41) is 2.91. The topological polar surface area (TPSA) is 70.5 Å². The molecule has 2 amide bonds. The third-order valence-electron chi connectivity index (χ3n) is 7.42. The molecule has 10 heteroatoms. The fourth-order valence-electron chi connectivity index (χ4n) is 5.32. The van der Waals surface area contributed by atoms with E-state index in [1.54, 1.807) is 9.47 Å². The second kappa shape index (κ2) is 10.1. The molecule has 0 radical (unpaired) electrons. The van der Waals surface area contributed by atoms with Crippen LogP contribution < -0.4 is 5.32 Å². The Balaban J connectivity index is 1.50. The van der Waals surface area contributed by atoms with E-state index in [-0.39, 0.29) is 23.0 Å². The minimum Gasteiger partial charge on any atom is -0.338 e. The highest BCUT2D eigenvalue weighted by Crippen LogP contribution is 2.31. The summed E-state index contributed by atoms with van der Waals surface area (Å²) >= 11 is 0. The van der Waals surface area contributed by atoms with Crippen molar-refractivity contribution >= 4 is 11.8 Å². The summed E-state index contributed by atoms with van der Waals surface area (Å²) in [5.74, 6) is -4.20. The summed E-state index contributed by atoms with van der Waals surface area (Å²) < 4.78 is 44.3.